The number of fused-ring (bicyclic) bond motifs is 1. The van der Waals surface area contributed by atoms with Gasteiger partial charge in [-0.05, 0) is 49.4 Å². The average Bonchev–Trinajstić information content (AvgIpc) is 2.89. The molecule has 0 amide bonds. The number of aromatic hydroxyl groups is 1. The third-order valence-corrected chi connectivity index (χ3v) is 6.18. The Bertz CT molecular complexity index is 951. The average molecular weight is 332 g/mol. The van der Waals surface area contributed by atoms with E-state index < -0.39 is 9.84 Å². The molecule has 0 atom stereocenters. The third kappa shape index (κ3) is 2.20. The second-order valence-corrected chi connectivity index (χ2v) is 7.38. The molecule has 1 aliphatic heterocycles. The quantitative estimate of drug-likeness (QED) is 0.850. The largest absolute Gasteiger partial charge is 0.493 e. The number of carbonyl (C=O) groups excluding carboxylic acids is 1. The first kappa shape index (κ1) is 15.5. The van der Waals surface area contributed by atoms with Gasteiger partial charge in [0.25, 0.3) is 0 Å². The molecule has 0 aliphatic carbocycles. The lowest BCUT2D eigenvalue weighted by molar-refractivity contribution is 0.406. The van der Waals surface area contributed by atoms with Crippen LogP contribution in [-0.4, -0.2) is 29.2 Å². The number of hydrogen-bond acceptors (Lipinski definition) is 5. The molecule has 1 aliphatic rings. The summed E-state index contributed by atoms with van der Waals surface area (Å²) in [6.07, 6.45) is 2.19. The Labute approximate surface area is 134 Å². The summed E-state index contributed by atoms with van der Waals surface area (Å²) in [4.78, 5) is 10.8. The van der Waals surface area contributed by atoms with Crippen molar-refractivity contribution in [2.24, 2.45) is 0 Å². The van der Waals surface area contributed by atoms with Crippen LogP contribution in [-0.2, 0) is 27.6 Å². The topological polar surface area (TPSA) is 89.3 Å². The molecule has 120 valence electrons. The maximum Gasteiger partial charge on any atom is 0.217 e. The minimum Gasteiger partial charge on any atom is -0.493 e. The van der Waals surface area contributed by atoms with Crippen LogP contribution in [0.4, 0.5) is 0 Å². The summed E-state index contributed by atoms with van der Waals surface area (Å²) in [5, 5.41) is 14.3. The van der Waals surface area contributed by atoms with Gasteiger partial charge in [-0.15, -0.1) is 0 Å². The van der Waals surface area contributed by atoms with Gasteiger partial charge in [0.1, 0.15) is 10.8 Å². The second-order valence-electron chi connectivity index (χ2n) is 5.44. The molecule has 0 saturated heterocycles. The standard InChI is InChI=1S/C16H16N2O4S/c1-3-18-16(20)14(8-17-18)12-6-7-15-13(10(12)2)5-4-11(9-19)23(15,21)22/h6-8,20H,3-5H2,1-2H3. The highest BCUT2D eigenvalue weighted by atomic mass is 32.2. The van der Waals surface area contributed by atoms with Crippen LogP contribution in [0.5, 0.6) is 5.88 Å². The van der Waals surface area contributed by atoms with E-state index in [0.29, 0.717) is 24.1 Å². The first-order valence-electron chi connectivity index (χ1n) is 7.28. The van der Waals surface area contributed by atoms with Crippen molar-refractivity contribution in [3.05, 3.63) is 34.4 Å². The van der Waals surface area contributed by atoms with Crippen LogP contribution >= 0.6 is 0 Å². The highest BCUT2D eigenvalue weighted by molar-refractivity contribution is 7.95. The highest BCUT2D eigenvalue weighted by Gasteiger charge is 2.31. The van der Waals surface area contributed by atoms with Crippen molar-refractivity contribution in [2.75, 3.05) is 0 Å². The Hall–Kier alpha value is -2.37. The molecule has 1 aromatic heterocycles. The summed E-state index contributed by atoms with van der Waals surface area (Å²) in [5.41, 5.74) is 2.78. The Morgan fingerprint density at radius 1 is 1.30 bits per heavy atom. The van der Waals surface area contributed by atoms with E-state index in [1.807, 2.05) is 13.8 Å². The van der Waals surface area contributed by atoms with Crippen LogP contribution in [0.15, 0.2) is 28.1 Å². The first-order valence-corrected chi connectivity index (χ1v) is 8.76. The van der Waals surface area contributed by atoms with Gasteiger partial charge in [0, 0.05) is 6.54 Å². The molecule has 6 nitrogen and oxygen atoms in total. The Morgan fingerprint density at radius 3 is 2.65 bits per heavy atom. The van der Waals surface area contributed by atoms with Crippen molar-refractivity contribution in [1.82, 2.24) is 9.78 Å². The summed E-state index contributed by atoms with van der Waals surface area (Å²) in [5.74, 6) is 1.60. The number of aromatic nitrogens is 2. The van der Waals surface area contributed by atoms with E-state index in [0.717, 1.165) is 11.1 Å². The third-order valence-electron chi connectivity index (χ3n) is 4.29. The van der Waals surface area contributed by atoms with E-state index in [1.165, 1.54) is 10.7 Å². The molecule has 7 heteroatoms. The first-order chi connectivity index (χ1) is 10.9. The van der Waals surface area contributed by atoms with E-state index in [1.54, 1.807) is 18.2 Å². The molecular formula is C16H16N2O4S. The van der Waals surface area contributed by atoms with E-state index in [9.17, 15) is 18.3 Å². The number of allylic oxidation sites excluding steroid dienone is 1. The van der Waals surface area contributed by atoms with Gasteiger partial charge in [-0.25, -0.2) is 17.9 Å². The molecule has 3 rings (SSSR count). The molecule has 0 saturated carbocycles. The Kier molecular flexibility index (Phi) is 3.62. The van der Waals surface area contributed by atoms with Gasteiger partial charge in [0.15, 0.2) is 0 Å². The lowest BCUT2D eigenvalue weighted by Gasteiger charge is -2.20. The number of rotatable bonds is 2. The number of nitrogens with zero attached hydrogens (tertiary/aromatic N) is 2. The summed E-state index contributed by atoms with van der Waals surface area (Å²) in [7, 11) is -3.75. The molecule has 0 spiro atoms. The zero-order chi connectivity index (χ0) is 16.8. The number of aryl methyl sites for hydroxylation is 1. The smallest absolute Gasteiger partial charge is 0.217 e. The van der Waals surface area contributed by atoms with E-state index in [4.69, 9.17) is 0 Å². The zero-order valence-electron chi connectivity index (χ0n) is 12.8. The molecule has 0 unspecified atom stereocenters. The van der Waals surface area contributed by atoms with E-state index in [2.05, 4.69) is 5.10 Å². The molecule has 2 aromatic rings. The van der Waals surface area contributed by atoms with Crippen LogP contribution in [0.2, 0.25) is 0 Å². The van der Waals surface area contributed by atoms with E-state index in [-0.39, 0.29) is 22.1 Å². The molecular weight excluding hydrogens is 316 g/mol. The van der Waals surface area contributed by atoms with Gasteiger partial charge in [-0.2, -0.15) is 5.10 Å². The lowest BCUT2D eigenvalue weighted by atomic mass is 9.95. The van der Waals surface area contributed by atoms with Crippen molar-refractivity contribution in [3.8, 4) is 17.0 Å². The van der Waals surface area contributed by atoms with Crippen LogP contribution in [0.25, 0.3) is 11.1 Å². The zero-order valence-corrected chi connectivity index (χ0v) is 13.6. The minimum absolute atomic E-state index is 0.0580. The fourth-order valence-electron chi connectivity index (χ4n) is 3.00. The maximum atomic E-state index is 12.4. The molecule has 0 radical (unpaired) electrons. The summed E-state index contributed by atoms with van der Waals surface area (Å²) < 4.78 is 26.2. The number of benzene rings is 1. The molecule has 23 heavy (non-hydrogen) atoms. The molecule has 1 aromatic carbocycles. The van der Waals surface area contributed by atoms with Gasteiger partial charge in [-0.3, -0.25) is 0 Å². The Morgan fingerprint density at radius 2 is 2.04 bits per heavy atom. The van der Waals surface area contributed by atoms with E-state index >= 15 is 0 Å². The normalized spacial score (nSPS) is 16.0. The van der Waals surface area contributed by atoms with Crippen LogP contribution in [0.3, 0.4) is 0 Å². The minimum atomic E-state index is -3.75. The Balaban J connectivity index is 2.22. The van der Waals surface area contributed by atoms with Crippen LogP contribution in [0.1, 0.15) is 24.5 Å². The van der Waals surface area contributed by atoms with Crippen molar-refractivity contribution >= 4 is 15.8 Å². The monoisotopic (exact) mass is 332 g/mol. The van der Waals surface area contributed by atoms with Gasteiger partial charge in [-0.1, -0.05) is 6.07 Å². The summed E-state index contributed by atoms with van der Waals surface area (Å²) in [6.45, 7) is 4.23. The molecule has 2 heterocycles. The number of sulfone groups is 1. The number of hydrogen-bond donors (Lipinski definition) is 1. The predicted octanol–water partition coefficient (Wildman–Crippen LogP) is 2.02. The van der Waals surface area contributed by atoms with Crippen molar-refractivity contribution in [3.63, 3.8) is 0 Å². The van der Waals surface area contributed by atoms with Gasteiger partial charge < -0.3 is 5.11 Å². The summed E-state index contributed by atoms with van der Waals surface area (Å²) in [6, 6.07) is 3.14. The second kappa shape index (κ2) is 5.37. The van der Waals surface area contributed by atoms with Gasteiger partial charge >= 0.3 is 0 Å². The fourth-order valence-corrected chi connectivity index (χ4v) is 4.57. The fraction of sp³-hybridized carbons (Fsp3) is 0.312. The van der Waals surface area contributed by atoms with Crippen molar-refractivity contribution in [1.29, 1.82) is 0 Å². The van der Waals surface area contributed by atoms with Crippen molar-refractivity contribution < 1.29 is 18.3 Å². The van der Waals surface area contributed by atoms with Crippen LogP contribution < -0.4 is 0 Å². The highest BCUT2D eigenvalue weighted by Crippen LogP contribution is 2.39. The molecule has 0 fully saturated rings. The van der Waals surface area contributed by atoms with Crippen LogP contribution in [0, 0.1) is 6.92 Å². The maximum absolute atomic E-state index is 12.4. The summed E-state index contributed by atoms with van der Waals surface area (Å²) >= 11 is 0. The molecule has 1 N–H and O–H groups in total. The van der Waals surface area contributed by atoms with Gasteiger partial charge in [0.2, 0.25) is 15.7 Å². The van der Waals surface area contributed by atoms with Crippen molar-refractivity contribution in [2.45, 2.75) is 38.1 Å². The SMILES string of the molecule is CCn1ncc(-c2ccc3c(c2C)CCC(=C=O)S3(=O)=O)c1O. The predicted molar refractivity (Wildman–Crippen MR) is 84.5 cm³/mol. The lowest BCUT2D eigenvalue weighted by Crippen LogP contribution is -2.16. The molecule has 0 bridgehead atoms. The van der Waals surface area contributed by atoms with Gasteiger partial charge in [0.05, 0.1) is 16.7 Å².